The summed E-state index contributed by atoms with van der Waals surface area (Å²) >= 11 is 0. The van der Waals surface area contributed by atoms with Crippen molar-refractivity contribution in [2.24, 2.45) is 13.0 Å². The molecule has 1 aliphatic carbocycles. The molecular weight excluding hydrogens is 686 g/mol. The number of benzene rings is 2. The van der Waals surface area contributed by atoms with E-state index in [-0.39, 0.29) is 62.0 Å². The largest absolute Gasteiger partial charge is 0.444 e. The molecule has 13 heteroatoms. The maximum absolute atomic E-state index is 14.3. The highest BCUT2D eigenvalue weighted by atomic mass is 16.6. The van der Waals surface area contributed by atoms with Crippen molar-refractivity contribution in [1.82, 2.24) is 30.2 Å². The first-order chi connectivity index (χ1) is 25.7. The Morgan fingerprint density at radius 3 is 2.22 bits per heavy atom. The molecule has 1 saturated carbocycles. The standard InChI is InChI=1S/C41H55N7O6/c1-7-34(49)44-32(38(52)47-24-25-48(39(53)54-40(2,3)4)41(5,27-47)30-16-12-9-13-17-30)26-28-18-20-31(21-19-28)43-37(51)35(29-14-10-8-11-15-29)45-36(50)33-22-23-42-46(33)6/h9,12-13,16-23,29,32,35H,7-8,10-11,14-15,24-27H2,1-6H3,(H,43,51)(H,44,49)(H,45,50). The number of amides is 5. The van der Waals surface area contributed by atoms with E-state index in [1.165, 1.54) is 4.68 Å². The zero-order valence-corrected chi connectivity index (χ0v) is 32.4. The van der Waals surface area contributed by atoms with Gasteiger partial charge < -0.3 is 25.6 Å². The van der Waals surface area contributed by atoms with Crippen LogP contribution in [0.5, 0.6) is 0 Å². The number of piperazine rings is 1. The van der Waals surface area contributed by atoms with Crippen LogP contribution in [0.2, 0.25) is 0 Å². The predicted octanol–water partition coefficient (Wildman–Crippen LogP) is 5.17. The van der Waals surface area contributed by atoms with E-state index in [1.54, 1.807) is 48.2 Å². The summed E-state index contributed by atoms with van der Waals surface area (Å²) in [6, 6.07) is 16.8. The molecule has 3 aromatic rings. The minimum Gasteiger partial charge on any atom is -0.444 e. The third-order valence-electron chi connectivity index (χ3n) is 10.4. The van der Waals surface area contributed by atoms with E-state index < -0.39 is 29.3 Å². The quantitative estimate of drug-likeness (QED) is 0.245. The minimum atomic E-state index is -0.886. The number of aryl methyl sites for hydroxylation is 1. The highest BCUT2D eigenvalue weighted by Gasteiger charge is 2.45. The fourth-order valence-corrected chi connectivity index (χ4v) is 7.42. The lowest BCUT2D eigenvalue weighted by molar-refractivity contribution is -0.141. The van der Waals surface area contributed by atoms with Gasteiger partial charge in [0.2, 0.25) is 17.7 Å². The SMILES string of the molecule is CCC(=O)NC(Cc1ccc(NC(=O)C(NC(=O)c2ccnn2C)C2CCCCC2)cc1)C(=O)N1CCN(C(=O)OC(C)(C)C)C(C)(c2ccccc2)C1. The number of hydrogen-bond acceptors (Lipinski definition) is 7. The number of aromatic nitrogens is 2. The van der Waals surface area contributed by atoms with Gasteiger partial charge in [-0.2, -0.15) is 5.10 Å². The zero-order valence-electron chi connectivity index (χ0n) is 32.4. The van der Waals surface area contributed by atoms with E-state index >= 15 is 0 Å². The first-order valence-corrected chi connectivity index (χ1v) is 19.0. The monoisotopic (exact) mass is 741 g/mol. The molecule has 0 radical (unpaired) electrons. The topological polar surface area (TPSA) is 155 Å². The van der Waals surface area contributed by atoms with E-state index in [0.29, 0.717) is 11.4 Å². The molecule has 2 fully saturated rings. The molecule has 290 valence electrons. The van der Waals surface area contributed by atoms with Gasteiger partial charge in [-0.1, -0.05) is 68.7 Å². The van der Waals surface area contributed by atoms with Gasteiger partial charge >= 0.3 is 6.09 Å². The van der Waals surface area contributed by atoms with Gasteiger partial charge in [0, 0.05) is 51.4 Å². The molecule has 5 amide bonds. The molecule has 3 unspecified atom stereocenters. The highest BCUT2D eigenvalue weighted by Crippen LogP contribution is 2.34. The van der Waals surface area contributed by atoms with Crippen LogP contribution in [-0.2, 0) is 38.1 Å². The van der Waals surface area contributed by atoms with Crippen LogP contribution in [0, 0.1) is 5.92 Å². The van der Waals surface area contributed by atoms with E-state index in [2.05, 4.69) is 21.0 Å². The van der Waals surface area contributed by atoms with Gasteiger partial charge in [-0.25, -0.2) is 4.79 Å². The van der Waals surface area contributed by atoms with Crippen molar-refractivity contribution in [3.05, 3.63) is 83.7 Å². The van der Waals surface area contributed by atoms with Crippen LogP contribution in [0.1, 0.15) is 94.8 Å². The Morgan fingerprint density at radius 1 is 0.926 bits per heavy atom. The molecule has 3 N–H and O–H groups in total. The first-order valence-electron chi connectivity index (χ1n) is 19.0. The summed E-state index contributed by atoms with van der Waals surface area (Å²) in [4.78, 5) is 70.7. The molecule has 1 saturated heterocycles. The Bertz CT molecular complexity index is 1780. The minimum absolute atomic E-state index is 0.0129. The van der Waals surface area contributed by atoms with Crippen LogP contribution in [0.3, 0.4) is 0 Å². The third-order valence-corrected chi connectivity index (χ3v) is 10.4. The second-order valence-electron chi connectivity index (χ2n) is 15.6. The highest BCUT2D eigenvalue weighted by molar-refractivity contribution is 6.00. The molecule has 1 aromatic heterocycles. The maximum atomic E-state index is 14.3. The number of nitrogens with one attached hydrogen (secondary N) is 3. The fourth-order valence-electron chi connectivity index (χ4n) is 7.42. The van der Waals surface area contributed by atoms with Crippen LogP contribution in [-0.4, -0.2) is 86.6 Å². The number of ether oxygens (including phenoxy) is 1. The van der Waals surface area contributed by atoms with Gasteiger partial charge in [-0.3, -0.25) is 28.8 Å². The molecule has 0 bridgehead atoms. The van der Waals surface area contributed by atoms with Crippen molar-refractivity contribution in [2.75, 3.05) is 25.0 Å². The van der Waals surface area contributed by atoms with Gasteiger partial charge in [0.1, 0.15) is 23.4 Å². The molecule has 2 heterocycles. The lowest BCUT2D eigenvalue weighted by Crippen LogP contribution is -2.64. The Kier molecular flexibility index (Phi) is 12.8. The molecule has 54 heavy (non-hydrogen) atoms. The molecule has 13 nitrogen and oxygen atoms in total. The average molecular weight is 742 g/mol. The Balaban J connectivity index is 1.31. The summed E-state index contributed by atoms with van der Waals surface area (Å²) < 4.78 is 7.26. The summed E-state index contributed by atoms with van der Waals surface area (Å²) in [6.07, 6.45) is 6.34. The second-order valence-corrected chi connectivity index (χ2v) is 15.6. The van der Waals surface area contributed by atoms with Crippen molar-refractivity contribution in [3.63, 3.8) is 0 Å². The van der Waals surface area contributed by atoms with Crippen LogP contribution in [0.4, 0.5) is 10.5 Å². The Labute approximate surface area is 318 Å². The summed E-state index contributed by atoms with van der Waals surface area (Å²) in [5.74, 6) is -1.13. The first kappa shape index (κ1) is 40.0. The van der Waals surface area contributed by atoms with Crippen LogP contribution in [0.25, 0.3) is 0 Å². The van der Waals surface area contributed by atoms with Crippen molar-refractivity contribution in [1.29, 1.82) is 0 Å². The van der Waals surface area contributed by atoms with Gasteiger partial charge in [-0.05, 0) is 75.8 Å². The third kappa shape index (κ3) is 9.86. The molecule has 0 spiro atoms. The summed E-state index contributed by atoms with van der Waals surface area (Å²) in [5, 5.41) is 13.0. The maximum Gasteiger partial charge on any atom is 0.411 e. The van der Waals surface area contributed by atoms with Crippen LogP contribution < -0.4 is 16.0 Å². The summed E-state index contributed by atoms with van der Waals surface area (Å²) in [6.45, 7) is 9.86. The number of hydrogen-bond donors (Lipinski definition) is 3. The van der Waals surface area contributed by atoms with E-state index in [1.807, 2.05) is 70.2 Å². The summed E-state index contributed by atoms with van der Waals surface area (Å²) in [5.41, 5.74) is 1.00. The second kappa shape index (κ2) is 17.3. The Hall–Kier alpha value is -5.20. The number of carbonyl (C=O) groups is 5. The van der Waals surface area contributed by atoms with Crippen molar-refractivity contribution in [2.45, 2.75) is 103 Å². The van der Waals surface area contributed by atoms with E-state index in [9.17, 15) is 24.0 Å². The Morgan fingerprint density at radius 2 is 1.61 bits per heavy atom. The van der Waals surface area contributed by atoms with Gasteiger partial charge in [-0.15, -0.1) is 0 Å². The molecule has 2 aromatic carbocycles. The molecule has 1 aliphatic heterocycles. The van der Waals surface area contributed by atoms with E-state index in [0.717, 1.165) is 43.2 Å². The predicted molar refractivity (Wildman–Crippen MR) is 205 cm³/mol. The van der Waals surface area contributed by atoms with Crippen molar-refractivity contribution >= 4 is 35.4 Å². The lowest BCUT2D eigenvalue weighted by Gasteiger charge is -2.49. The molecule has 5 rings (SSSR count). The van der Waals surface area contributed by atoms with Gasteiger partial charge in [0.25, 0.3) is 5.91 Å². The molecular formula is C41H55N7O6. The van der Waals surface area contributed by atoms with Crippen LogP contribution in [0.15, 0.2) is 66.9 Å². The lowest BCUT2D eigenvalue weighted by atomic mass is 9.83. The number of carbonyl (C=O) groups excluding carboxylic acids is 5. The molecule has 3 atom stereocenters. The summed E-state index contributed by atoms with van der Waals surface area (Å²) in [7, 11) is 1.69. The zero-order chi connectivity index (χ0) is 39.0. The smallest absolute Gasteiger partial charge is 0.411 e. The van der Waals surface area contributed by atoms with Crippen molar-refractivity contribution < 1.29 is 28.7 Å². The van der Waals surface area contributed by atoms with Gasteiger partial charge in [0.05, 0.1) is 5.54 Å². The van der Waals surface area contributed by atoms with E-state index in [4.69, 9.17) is 4.74 Å². The number of rotatable bonds is 11. The molecule has 2 aliphatic rings. The normalized spacial score (nSPS) is 19.0. The average Bonchev–Trinajstić information content (AvgIpc) is 3.59. The number of anilines is 1. The number of nitrogens with zero attached hydrogens (tertiary/aromatic N) is 4. The van der Waals surface area contributed by atoms with Crippen molar-refractivity contribution in [3.8, 4) is 0 Å². The fraction of sp³-hybridized carbons (Fsp3) is 0.512. The van der Waals surface area contributed by atoms with Crippen LogP contribution >= 0.6 is 0 Å². The van der Waals surface area contributed by atoms with Gasteiger partial charge in [0.15, 0.2) is 0 Å².